The molecule has 4 heterocycles. The van der Waals surface area contributed by atoms with Crippen LogP contribution in [-0.2, 0) is 26.9 Å². The first-order valence-electron chi connectivity index (χ1n) is 10.6. The van der Waals surface area contributed by atoms with Crippen molar-refractivity contribution in [2.24, 2.45) is 5.41 Å². The molecule has 1 spiro atoms. The molecular weight excluding hydrogens is 481 g/mol. The maximum Gasteiger partial charge on any atom is 0.434 e. The number of hydrogen-bond acceptors (Lipinski definition) is 6. The number of amides is 4. The third kappa shape index (κ3) is 3.30. The summed E-state index contributed by atoms with van der Waals surface area (Å²) in [6.45, 7) is 3.23. The van der Waals surface area contributed by atoms with E-state index in [2.05, 4.69) is 15.6 Å². The topological polar surface area (TPSA) is 106 Å². The number of nitrogens with one attached hydrogen (secondary N) is 2. The number of imide groups is 2. The minimum Gasteiger partial charge on any atom is -0.372 e. The zero-order valence-electron chi connectivity index (χ0n) is 18.2. The number of urea groups is 1. The van der Waals surface area contributed by atoms with E-state index in [0.29, 0.717) is 17.1 Å². The fourth-order valence-corrected chi connectivity index (χ4v) is 5.31. The number of benzene rings is 1. The third-order valence-electron chi connectivity index (χ3n) is 6.60. The monoisotopic (exact) mass is 499 g/mol. The fourth-order valence-electron chi connectivity index (χ4n) is 5.31. The van der Waals surface area contributed by atoms with Gasteiger partial charge in [-0.05, 0) is 25.5 Å². The number of anilines is 1. The number of barbiturate groups is 1. The maximum absolute atomic E-state index is 15.5. The summed E-state index contributed by atoms with van der Waals surface area (Å²) >= 11 is 0. The minimum absolute atomic E-state index is 0.00152. The Morgan fingerprint density at radius 3 is 2.37 bits per heavy atom. The molecule has 5 rings (SSSR count). The standard InChI is InChI=1S/C21H18F5N5O4/c1-8-5-31-15-10(3-11(13(22)14(15)23)30-6-12(27-7-30)21(24,25)26)4-20(16(31)9(2)35-8)17(32)28-19(34)29-18(20)33/h3,6-9,16H,4-5H2,1-2H3,(H2,28,29,32,33,34)/t8-,9+,16-/m1/s1. The number of alkyl halides is 3. The molecule has 0 saturated carbocycles. The van der Waals surface area contributed by atoms with E-state index in [4.69, 9.17) is 4.74 Å². The van der Waals surface area contributed by atoms with Crippen molar-refractivity contribution in [3.63, 3.8) is 0 Å². The van der Waals surface area contributed by atoms with Crippen LogP contribution in [-0.4, -0.2) is 52.2 Å². The summed E-state index contributed by atoms with van der Waals surface area (Å²) in [5.74, 6) is -4.66. The van der Waals surface area contributed by atoms with Crippen LogP contribution in [0, 0.1) is 17.0 Å². The highest BCUT2D eigenvalue weighted by molar-refractivity contribution is 6.20. The Morgan fingerprint density at radius 1 is 1.11 bits per heavy atom. The highest BCUT2D eigenvalue weighted by Crippen LogP contribution is 2.48. The van der Waals surface area contributed by atoms with E-state index in [1.165, 1.54) is 4.90 Å². The summed E-state index contributed by atoms with van der Waals surface area (Å²) in [6.07, 6.45) is -5.37. The highest BCUT2D eigenvalue weighted by Gasteiger charge is 2.63. The van der Waals surface area contributed by atoms with Gasteiger partial charge in [0.05, 0.1) is 36.0 Å². The van der Waals surface area contributed by atoms with Gasteiger partial charge in [0, 0.05) is 19.2 Å². The molecule has 0 unspecified atom stereocenters. The van der Waals surface area contributed by atoms with Crippen molar-refractivity contribution in [3.05, 3.63) is 41.5 Å². The second-order valence-corrected chi connectivity index (χ2v) is 8.83. The quantitative estimate of drug-likeness (QED) is 0.460. The SMILES string of the molecule is C[C@@H]1CN2c3c(cc(-n4cnc(C(F)(F)F)c4)c(F)c3F)CC3(C(=O)NC(=O)NC3=O)[C@H]2[C@H](C)O1. The predicted octanol–water partition coefficient (Wildman–Crippen LogP) is 2.06. The smallest absolute Gasteiger partial charge is 0.372 e. The summed E-state index contributed by atoms with van der Waals surface area (Å²) in [5.41, 5.74) is -4.07. The molecule has 0 aliphatic carbocycles. The van der Waals surface area contributed by atoms with Crippen LogP contribution in [0.4, 0.5) is 32.4 Å². The molecule has 9 nitrogen and oxygen atoms in total. The molecule has 186 valence electrons. The van der Waals surface area contributed by atoms with Crippen molar-refractivity contribution in [1.82, 2.24) is 20.2 Å². The van der Waals surface area contributed by atoms with Crippen LogP contribution in [0.25, 0.3) is 5.69 Å². The van der Waals surface area contributed by atoms with E-state index in [9.17, 15) is 27.6 Å². The van der Waals surface area contributed by atoms with Gasteiger partial charge in [0.2, 0.25) is 11.8 Å². The first kappa shape index (κ1) is 23.2. The van der Waals surface area contributed by atoms with Crippen molar-refractivity contribution < 1.29 is 41.1 Å². The minimum atomic E-state index is -4.81. The summed E-state index contributed by atoms with van der Waals surface area (Å²) in [5, 5.41) is 4.12. The number of ether oxygens (including phenoxy) is 1. The molecule has 2 aromatic rings. The summed E-state index contributed by atoms with van der Waals surface area (Å²) in [7, 11) is 0. The Bertz CT molecular complexity index is 1260. The molecule has 2 N–H and O–H groups in total. The first-order valence-corrected chi connectivity index (χ1v) is 10.6. The average molecular weight is 499 g/mol. The third-order valence-corrected chi connectivity index (χ3v) is 6.60. The van der Waals surface area contributed by atoms with E-state index in [1.54, 1.807) is 13.8 Å². The lowest BCUT2D eigenvalue weighted by Crippen LogP contribution is -2.75. The van der Waals surface area contributed by atoms with Crippen molar-refractivity contribution in [2.75, 3.05) is 11.4 Å². The van der Waals surface area contributed by atoms with Crippen LogP contribution in [0.5, 0.6) is 0 Å². The molecule has 0 radical (unpaired) electrons. The van der Waals surface area contributed by atoms with Crippen molar-refractivity contribution >= 4 is 23.5 Å². The molecule has 1 aromatic heterocycles. The van der Waals surface area contributed by atoms with Gasteiger partial charge in [-0.15, -0.1) is 0 Å². The van der Waals surface area contributed by atoms with E-state index < -0.39 is 77.1 Å². The number of rotatable bonds is 1. The molecule has 4 amide bonds. The van der Waals surface area contributed by atoms with Crippen LogP contribution in [0.2, 0.25) is 0 Å². The summed E-state index contributed by atoms with van der Waals surface area (Å²) in [6, 6.07) is -1.04. The molecule has 14 heteroatoms. The van der Waals surface area contributed by atoms with Gasteiger partial charge in [-0.3, -0.25) is 20.2 Å². The Balaban J connectivity index is 1.72. The van der Waals surface area contributed by atoms with Gasteiger partial charge >= 0.3 is 12.2 Å². The summed E-state index contributed by atoms with van der Waals surface area (Å²) < 4.78 is 76.2. The number of carbonyl (C=O) groups is 3. The van der Waals surface area contributed by atoms with Crippen LogP contribution in [0.3, 0.4) is 0 Å². The molecule has 35 heavy (non-hydrogen) atoms. The largest absolute Gasteiger partial charge is 0.434 e. The van der Waals surface area contributed by atoms with Gasteiger partial charge in [-0.2, -0.15) is 13.2 Å². The highest BCUT2D eigenvalue weighted by atomic mass is 19.4. The molecule has 0 bridgehead atoms. The number of nitrogens with zero attached hydrogens (tertiary/aromatic N) is 3. The van der Waals surface area contributed by atoms with E-state index >= 15 is 8.78 Å². The Labute approximate surface area is 194 Å². The lowest BCUT2D eigenvalue weighted by molar-refractivity contribution is -0.153. The van der Waals surface area contributed by atoms with Crippen LogP contribution >= 0.6 is 0 Å². The van der Waals surface area contributed by atoms with E-state index in [1.807, 2.05) is 0 Å². The number of fused-ring (bicyclic) bond motifs is 4. The zero-order chi connectivity index (χ0) is 25.4. The van der Waals surface area contributed by atoms with Crippen LogP contribution in [0.1, 0.15) is 25.1 Å². The number of carbonyl (C=O) groups excluding carboxylic acids is 3. The van der Waals surface area contributed by atoms with Crippen LogP contribution < -0.4 is 15.5 Å². The van der Waals surface area contributed by atoms with Gasteiger partial charge in [0.15, 0.2) is 22.7 Å². The average Bonchev–Trinajstić information content (AvgIpc) is 3.24. The fraction of sp³-hybridized carbons (Fsp3) is 0.429. The zero-order valence-corrected chi connectivity index (χ0v) is 18.2. The Kier molecular flexibility index (Phi) is 4.95. The second-order valence-electron chi connectivity index (χ2n) is 8.83. The Hall–Kier alpha value is -3.55. The van der Waals surface area contributed by atoms with Crippen molar-refractivity contribution in [3.8, 4) is 5.69 Å². The van der Waals surface area contributed by atoms with E-state index in [-0.39, 0.29) is 17.8 Å². The molecule has 3 atom stereocenters. The molecule has 1 aromatic carbocycles. The van der Waals surface area contributed by atoms with Gasteiger partial charge in [0.25, 0.3) is 0 Å². The molecular formula is C21H18F5N5O4. The van der Waals surface area contributed by atoms with Gasteiger partial charge < -0.3 is 14.2 Å². The van der Waals surface area contributed by atoms with Gasteiger partial charge in [0.1, 0.15) is 0 Å². The molecule has 2 fully saturated rings. The van der Waals surface area contributed by atoms with Gasteiger partial charge in [-0.1, -0.05) is 0 Å². The first-order chi connectivity index (χ1) is 16.3. The maximum atomic E-state index is 15.5. The second kappa shape index (κ2) is 7.47. The number of aromatic nitrogens is 2. The number of hydrogen-bond donors (Lipinski definition) is 2. The number of imidazole rings is 1. The lowest BCUT2D eigenvalue weighted by Gasteiger charge is -2.55. The van der Waals surface area contributed by atoms with Crippen molar-refractivity contribution in [2.45, 2.75) is 44.7 Å². The normalized spacial score (nSPS) is 25.7. The predicted molar refractivity (Wildman–Crippen MR) is 107 cm³/mol. The lowest BCUT2D eigenvalue weighted by atomic mass is 9.66. The molecule has 2 saturated heterocycles. The molecule has 3 aliphatic heterocycles. The van der Waals surface area contributed by atoms with Crippen molar-refractivity contribution in [1.29, 1.82) is 0 Å². The van der Waals surface area contributed by atoms with Crippen LogP contribution in [0.15, 0.2) is 18.6 Å². The number of halogens is 5. The number of morpholine rings is 1. The summed E-state index contributed by atoms with van der Waals surface area (Å²) in [4.78, 5) is 42.6. The molecule has 3 aliphatic rings. The van der Waals surface area contributed by atoms with E-state index in [0.717, 1.165) is 6.07 Å². The van der Waals surface area contributed by atoms with Gasteiger partial charge in [-0.25, -0.2) is 18.6 Å². The Morgan fingerprint density at radius 2 is 1.77 bits per heavy atom.